The van der Waals surface area contributed by atoms with Gasteiger partial charge in [-0.25, -0.2) is 8.42 Å². The third kappa shape index (κ3) is 4.34. The number of nitrogens with one attached hydrogen (secondary N) is 1. The summed E-state index contributed by atoms with van der Waals surface area (Å²) in [6.07, 6.45) is 2.51. The molecule has 1 heterocycles. The molecule has 1 N–H and O–H groups in total. The van der Waals surface area contributed by atoms with Crippen LogP contribution in [0.25, 0.3) is 0 Å². The number of quaternary nitrogens is 1. The largest absolute Gasteiger partial charge is 0.748 e. The molecule has 6 nitrogen and oxygen atoms in total. The van der Waals surface area contributed by atoms with Crippen molar-refractivity contribution in [2.45, 2.75) is 25.3 Å². The molecule has 1 aromatic carbocycles. The van der Waals surface area contributed by atoms with E-state index in [0.717, 1.165) is 36.4 Å². The minimum Gasteiger partial charge on any atom is -0.748 e. The van der Waals surface area contributed by atoms with Gasteiger partial charge in [-0.3, -0.25) is 0 Å². The van der Waals surface area contributed by atoms with Crippen molar-refractivity contribution in [1.29, 1.82) is 0 Å². The third-order valence-corrected chi connectivity index (χ3v) is 4.98. The first-order valence-electron chi connectivity index (χ1n) is 7.44. The lowest BCUT2D eigenvalue weighted by Gasteiger charge is -2.23. The van der Waals surface area contributed by atoms with Gasteiger partial charge in [0.05, 0.1) is 43.0 Å². The maximum Gasteiger partial charge on any atom is 0.131 e. The zero-order valence-corrected chi connectivity index (χ0v) is 13.8. The van der Waals surface area contributed by atoms with E-state index in [1.807, 2.05) is 18.2 Å². The number of benzene rings is 1. The van der Waals surface area contributed by atoms with Crippen LogP contribution < -0.4 is 14.4 Å². The molecule has 1 aromatic rings. The molecular formula is C15H23NO5S. The topological polar surface area (TPSA) is 80.1 Å². The normalized spacial score (nSPS) is 21.8. The fourth-order valence-electron chi connectivity index (χ4n) is 3.17. The standard InChI is InChI=1S/C15H23NO5S/c1-20-12-6-7-13(15(11-12)21-2)14-5-3-8-16(14)9-4-10-22(17,18)19/h6-7,11,14H,3-5,8-10H2,1-2H3,(H,17,18,19)/t14-/m0/s1. The Morgan fingerprint density at radius 2 is 2.09 bits per heavy atom. The molecule has 1 aliphatic heterocycles. The summed E-state index contributed by atoms with van der Waals surface area (Å²) >= 11 is 0. The van der Waals surface area contributed by atoms with Crippen molar-refractivity contribution in [2.24, 2.45) is 0 Å². The Morgan fingerprint density at radius 1 is 1.32 bits per heavy atom. The first-order valence-corrected chi connectivity index (χ1v) is 9.02. The Balaban J connectivity index is 2.10. The van der Waals surface area contributed by atoms with E-state index >= 15 is 0 Å². The molecule has 22 heavy (non-hydrogen) atoms. The molecule has 0 saturated carbocycles. The predicted octanol–water partition coefficient (Wildman–Crippen LogP) is 0.359. The van der Waals surface area contributed by atoms with Crippen LogP contribution in [0.4, 0.5) is 0 Å². The van der Waals surface area contributed by atoms with Crippen LogP contribution in [0, 0.1) is 0 Å². The Bertz CT molecular complexity index is 602. The average molecular weight is 329 g/mol. The van der Waals surface area contributed by atoms with E-state index in [2.05, 4.69) is 0 Å². The second-order valence-electron chi connectivity index (χ2n) is 5.58. The van der Waals surface area contributed by atoms with Gasteiger partial charge in [-0.2, -0.15) is 0 Å². The molecular weight excluding hydrogens is 306 g/mol. The van der Waals surface area contributed by atoms with Gasteiger partial charge in [0.2, 0.25) is 0 Å². The van der Waals surface area contributed by atoms with Crippen LogP contribution in [-0.2, 0) is 10.1 Å². The van der Waals surface area contributed by atoms with Gasteiger partial charge < -0.3 is 18.9 Å². The second kappa shape index (κ2) is 7.30. The molecule has 1 fully saturated rings. The molecule has 2 atom stereocenters. The van der Waals surface area contributed by atoms with Gasteiger partial charge in [0, 0.05) is 31.1 Å². The van der Waals surface area contributed by atoms with Crippen molar-refractivity contribution < 1.29 is 27.3 Å². The van der Waals surface area contributed by atoms with Crippen molar-refractivity contribution in [1.82, 2.24) is 0 Å². The maximum atomic E-state index is 10.7. The van der Waals surface area contributed by atoms with Crippen LogP contribution >= 0.6 is 0 Å². The second-order valence-corrected chi connectivity index (χ2v) is 7.10. The van der Waals surface area contributed by atoms with Gasteiger partial charge in [-0.05, 0) is 12.1 Å². The highest BCUT2D eigenvalue weighted by Crippen LogP contribution is 2.31. The van der Waals surface area contributed by atoms with Crippen LogP contribution in [0.15, 0.2) is 18.2 Å². The van der Waals surface area contributed by atoms with Crippen molar-refractivity contribution in [2.75, 3.05) is 33.1 Å². The van der Waals surface area contributed by atoms with Crippen molar-refractivity contribution in [3.05, 3.63) is 23.8 Å². The number of rotatable bonds is 7. The molecule has 1 aliphatic rings. The summed E-state index contributed by atoms with van der Waals surface area (Å²) in [4.78, 5) is 1.31. The molecule has 1 saturated heterocycles. The Morgan fingerprint density at radius 3 is 2.73 bits per heavy atom. The highest BCUT2D eigenvalue weighted by molar-refractivity contribution is 7.85. The highest BCUT2D eigenvalue weighted by Gasteiger charge is 2.32. The summed E-state index contributed by atoms with van der Waals surface area (Å²) in [6, 6.07) is 6.07. The molecule has 0 amide bonds. The van der Waals surface area contributed by atoms with E-state index < -0.39 is 10.1 Å². The van der Waals surface area contributed by atoms with E-state index in [-0.39, 0.29) is 11.8 Å². The molecule has 0 spiro atoms. The lowest BCUT2D eigenvalue weighted by Crippen LogP contribution is -3.10. The molecule has 0 aromatic heterocycles. The molecule has 0 bridgehead atoms. The third-order valence-electron chi connectivity index (χ3n) is 4.19. The fraction of sp³-hybridized carbons (Fsp3) is 0.600. The average Bonchev–Trinajstić information content (AvgIpc) is 2.93. The zero-order valence-electron chi connectivity index (χ0n) is 13.0. The quantitative estimate of drug-likeness (QED) is 0.731. The summed E-state index contributed by atoms with van der Waals surface area (Å²) < 4.78 is 42.9. The number of likely N-dealkylation sites (tertiary alicyclic amines) is 1. The van der Waals surface area contributed by atoms with Crippen LogP contribution in [0.3, 0.4) is 0 Å². The summed E-state index contributed by atoms with van der Waals surface area (Å²) in [5, 5.41) is 0. The minimum atomic E-state index is -4.12. The molecule has 0 radical (unpaired) electrons. The SMILES string of the molecule is COc1ccc([C@@H]2CCC[NH+]2CCCS(=O)(=O)[O-])c(OC)c1. The summed E-state index contributed by atoms with van der Waals surface area (Å²) in [7, 11) is -0.873. The van der Waals surface area contributed by atoms with Gasteiger partial charge in [0.15, 0.2) is 0 Å². The number of hydrogen-bond acceptors (Lipinski definition) is 5. The fourth-order valence-corrected chi connectivity index (χ4v) is 3.67. The highest BCUT2D eigenvalue weighted by atomic mass is 32.2. The summed E-state index contributed by atoms with van der Waals surface area (Å²) in [5.41, 5.74) is 1.11. The van der Waals surface area contributed by atoms with E-state index in [9.17, 15) is 13.0 Å². The van der Waals surface area contributed by atoms with Gasteiger partial charge in [-0.1, -0.05) is 0 Å². The van der Waals surface area contributed by atoms with Crippen LogP contribution in [0.1, 0.15) is 30.9 Å². The molecule has 0 aliphatic carbocycles. The van der Waals surface area contributed by atoms with E-state index in [4.69, 9.17) is 9.47 Å². The number of ether oxygens (including phenoxy) is 2. The Labute approximate surface area is 131 Å². The predicted molar refractivity (Wildman–Crippen MR) is 81.4 cm³/mol. The lowest BCUT2D eigenvalue weighted by atomic mass is 10.0. The smallest absolute Gasteiger partial charge is 0.131 e. The number of methoxy groups -OCH3 is 2. The van der Waals surface area contributed by atoms with Crippen LogP contribution in [0.5, 0.6) is 11.5 Å². The lowest BCUT2D eigenvalue weighted by molar-refractivity contribution is -0.918. The molecule has 2 rings (SSSR count). The number of hydrogen-bond donors (Lipinski definition) is 1. The van der Waals surface area contributed by atoms with Crippen LogP contribution in [-0.4, -0.2) is 46.0 Å². The van der Waals surface area contributed by atoms with Gasteiger partial charge in [0.25, 0.3) is 0 Å². The summed E-state index contributed by atoms with van der Waals surface area (Å²) in [5.74, 6) is 1.25. The van der Waals surface area contributed by atoms with Crippen molar-refractivity contribution in [3.8, 4) is 11.5 Å². The van der Waals surface area contributed by atoms with E-state index in [1.54, 1.807) is 14.2 Å². The molecule has 7 heteroatoms. The minimum absolute atomic E-state index is 0.273. The van der Waals surface area contributed by atoms with Gasteiger partial charge in [-0.15, -0.1) is 0 Å². The van der Waals surface area contributed by atoms with E-state index in [1.165, 1.54) is 4.90 Å². The zero-order chi connectivity index (χ0) is 16.2. The van der Waals surface area contributed by atoms with Crippen LogP contribution in [0.2, 0.25) is 0 Å². The Kier molecular flexibility index (Phi) is 5.66. The molecule has 124 valence electrons. The van der Waals surface area contributed by atoms with Crippen molar-refractivity contribution in [3.63, 3.8) is 0 Å². The van der Waals surface area contributed by atoms with Gasteiger partial charge in [0.1, 0.15) is 17.5 Å². The first kappa shape index (κ1) is 17.1. The van der Waals surface area contributed by atoms with Crippen molar-refractivity contribution >= 4 is 10.1 Å². The first-order chi connectivity index (χ1) is 10.4. The van der Waals surface area contributed by atoms with Gasteiger partial charge >= 0.3 is 0 Å². The monoisotopic (exact) mass is 329 g/mol. The Hall–Kier alpha value is -1.31. The maximum absolute atomic E-state index is 10.7. The summed E-state index contributed by atoms with van der Waals surface area (Å²) in [6.45, 7) is 1.67. The van der Waals surface area contributed by atoms with E-state index in [0.29, 0.717) is 13.0 Å². The molecule has 1 unspecified atom stereocenters.